The van der Waals surface area contributed by atoms with Gasteiger partial charge >= 0.3 is 5.97 Å². The predicted molar refractivity (Wildman–Crippen MR) is 71.1 cm³/mol. The number of rotatable bonds is 5. The number of imidazole rings is 1. The maximum Gasteiger partial charge on any atom is 0.313 e. The number of hydrogen-bond donors (Lipinski definition) is 1. The zero-order valence-electron chi connectivity index (χ0n) is 10.8. The van der Waals surface area contributed by atoms with Crippen molar-refractivity contribution in [3.63, 3.8) is 0 Å². The van der Waals surface area contributed by atoms with Gasteiger partial charge in [0.15, 0.2) is 5.16 Å². The summed E-state index contributed by atoms with van der Waals surface area (Å²) in [6.45, 7) is 3.76. The van der Waals surface area contributed by atoms with E-state index in [-0.39, 0.29) is 18.2 Å². The van der Waals surface area contributed by atoms with Gasteiger partial charge in [0.05, 0.1) is 5.75 Å². The number of carboxylic acids is 1. The summed E-state index contributed by atoms with van der Waals surface area (Å²) >= 11 is 1.14. The molecule has 0 radical (unpaired) electrons. The van der Waals surface area contributed by atoms with Crippen LogP contribution >= 0.6 is 11.8 Å². The highest BCUT2D eigenvalue weighted by atomic mass is 32.2. The third-order valence-corrected chi connectivity index (χ3v) is 4.07. The Hall–Kier alpha value is -1.50. The van der Waals surface area contributed by atoms with E-state index in [0.29, 0.717) is 5.16 Å². The molecule has 2 heterocycles. The van der Waals surface area contributed by atoms with Crippen LogP contribution in [0.1, 0.15) is 18.5 Å². The van der Waals surface area contributed by atoms with Crippen LogP contribution in [0.2, 0.25) is 0 Å². The molecule has 0 aromatic carbocycles. The van der Waals surface area contributed by atoms with Crippen LogP contribution in [0, 0.1) is 6.92 Å². The van der Waals surface area contributed by atoms with Crippen molar-refractivity contribution < 1.29 is 14.7 Å². The fourth-order valence-corrected chi connectivity index (χ4v) is 2.82. The molecule has 6 nitrogen and oxygen atoms in total. The number of carbonyl (C=O) groups excluding carboxylic acids is 1. The first kappa shape index (κ1) is 13.9. The van der Waals surface area contributed by atoms with E-state index >= 15 is 0 Å². The van der Waals surface area contributed by atoms with Crippen molar-refractivity contribution in [2.75, 3.05) is 18.8 Å². The number of aryl methyl sites for hydroxylation is 1. The first-order valence-electron chi connectivity index (χ1n) is 6.22. The number of nitrogens with zero attached hydrogens (tertiary/aromatic N) is 3. The topological polar surface area (TPSA) is 75.4 Å². The third-order valence-electron chi connectivity index (χ3n) is 3.10. The van der Waals surface area contributed by atoms with E-state index in [4.69, 9.17) is 5.11 Å². The minimum Gasteiger partial charge on any atom is -0.481 e. The van der Waals surface area contributed by atoms with E-state index in [1.807, 2.05) is 11.8 Å². The van der Waals surface area contributed by atoms with Gasteiger partial charge in [-0.15, -0.1) is 0 Å². The molecule has 1 saturated heterocycles. The number of amides is 1. The molecule has 1 aliphatic heterocycles. The van der Waals surface area contributed by atoms with Crippen molar-refractivity contribution in [1.82, 2.24) is 14.5 Å². The maximum atomic E-state index is 12.1. The minimum atomic E-state index is -0.886. The molecule has 1 aromatic rings. The lowest BCUT2D eigenvalue weighted by Gasteiger charge is -2.17. The molecule has 0 spiro atoms. The van der Waals surface area contributed by atoms with Gasteiger partial charge in [-0.25, -0.2) is 4.98 Å². The van der Waals surface area contributed by atoms with Crippen LogP contribution in [0.5, 0.6) is 0 Å². The Morgan fingerprint density at radius 3 is 2.74 bits per heavy atom. The van der Waals surface area contributed by atoms with Gasteiger partial charge < -0.3 is 14.6 Å². The second-order valence-corrected chi connectivity index (χ2v) is 5.48. The number of aliphatic carboxylic acids is 1. The van der Waals surface area contributed by atoms with Crippen LogP contribution in [0.15, 0.2) is 11.4 Å². The third kappa shape index (κ3) is 3.50. The molecule has 104 valence electrons. The van der Waals surface area contributed by atoms with Crippen molar-refractivity contribution in [2.24, 2.45) is 0 Å². The molecule has 0 unspecified atom stereocenters. The number of thioether (sulfide) groups is 1. The van der Waals surface area contributed by atoms with E-state index in [1.54, 1.807) is 10.8 Å². The lowest BCUT2D eigenvalue weighted by atomic mass is 10.4. The van der Waals surface area contributed by atoms with Crippen LogP contribution < -0.4 is 0 Å². The number of aromatic nitrogens is 2. The van der Waals surface area contributed by atoms with E-state index in [9.17, 15) is 9.59 Å². The van der Waals surface area contributed by atoms with Crippen LogP contribution in [-0.4, -0.2) is 50.3 Å². The van der Waals surface area contributed by atoms with Crippen LogP contribution in [0.3, 0.4) is 0 Å². The summed E-state index contributed by atoms with van der Waals surface area (Å²) in [5, 5.41) is 9.28. The summed E-state index contributed by atoms with van der Waals surface area (Å²) in [4.78, 5) is 28.7. The Kier molecular flexibility index (Phi) is 4.47. The van der Waals surface area contributed by atoms with Crippen molar-refractivity contribution in [2.45, 2.75) is 31.5 Å². The molecular weight excluding hydrogens is 266 g/mol. The Balaban J connectivity index is 2.03. The minimum absolute atomic E-state index is 0.0473. The summed E-state index contributed by atoms with van der Waals surface area (Å²) in [6.07, 6.45) is 3.80. The SMILES string of the molecule is Cc1cnc(SCC(=O)O)n1CC(=O)N1CCCC1. The molecule has 1 amide bonds. The largest absolute Gasteiger partial charge is 0.481 e. The van der Waals surface area contributed by atoms with Crippen molar-refractivity contribution in [3.05, 3.63) is 11.9 Å². The quantitative estimate of drug-likeness (QED) is 0.816. The Labute approximate surface area is 115 Å². The van der Waals surface area contributed by atoms with Gasteiger partial charge in [0.2, 0.25) is 5.91 Å². The van der Waals surface area contributed by atoms with E-state index in [1.165, 1.54) is 0 Å². The summed E-state index contributed by atoms with van der Waals surface area (Å²) in [6, 6.07) is 0. The first-order chi connectivity index (χ1) is 9.08. The Morgan fingerprint density at radius 2 is 2.11 bits per heavy atom. The molecule has 1 N–H and O–H groups in total. The highest BCUT2D eigenvalue weighted by molar-refractivity contribution is 7.99. The first-order valence-corrected chi connectivity index (χ1v) is 7.21. The lowest BCUT2D eigenvalue weighted by Crippen LogP contribution is -2.31. The monoisotopic (exact) mass is 283 g/mol. The summed E-state index contributed by atoms with van der Waals surface area (Å²) in [7, 11) is 0. The predicted octanol–water partition coefficient (Wildman–Crippen LogP) is 0.991. The highest BCUT2D eigenvalue weighted by Gasteiger charge is 2.20. The second kappa shape index (κ2) is 6.10. The average molecular weight is 283 g/mol. The van der Waals surface area contributed by atoms with E-state index < -0.39 is 5.97 Å². The lowest BCUT2D eigenvalue weighted by molar-refractivity contribution is -0.134. The number of likely N-dealkylation sites (tertiary alicyclic amines) is 1. The normalized spacial score (nSPS) is 14.9. The fraction of sp³-hybridized carbons (Fsp3) is 0.583. The average Bonchev–Trinajstić information content (AvgIpc) is 2.99. The van der Waals surface area contributed by atoms with Crippen LogP contribution in [-0.2, 0) is 16.1 Å². The maximum absolute atomic E-state index is 12.1. The summed E-state index contributed by atoms with van der Waals surface area (Å²) in [5.41, 5.74) is 0.875. The molecule has 0 aliphatic carbocycles. The molecule has 1 aliphatic rings. The van der Waals surface area contributed by atoms with Gasteiger partial charge in [0.1, 0.15) is 6.54 Å². The highest BCUT2D eigenvalue weighted by Crippen LogP contribution is 2.19. The zero-order valence-corrected chi connectivity index (χ0v) is 11.7. The zero-order chi connectivity index (χ0) is 13.8. The molecular formula is C12H17N3O3S. The van der Waals surface area contributed by atoms with Crippen molar-refractivity contribution in [3.8, 4) is 0 Å². The van der Waals surface area contributed by atoms with E-state index in [0.717, 1.165) is 43.4 Å². The van der Waals surface area contributed by atoms with Gasteiger partial charge in [0, 0.05) is 25.0 Å². The van der Waals surface area contributed by atoms with Gasteiger partial charge in [0.25, 0.3) is 0 Å². The molecule has 0 bridgehead atoms. The van der Waals surface area contributed by atoms with Gasteiger partial charge in [-0.3, -0.25) is 9.59 Å². The molecule has 0 atom stereocenters. The molecule has 1 aromatic heterocycles. The summed E-state index contributed by atoms with van der Waals surface area (Å²) < 4.78 is 1.79. The standard InChI is InChI=1S/C12H17N3O3S/c1-9-6-13-12(19-8-11(17)18)15(9)7-10(16)14-4-2-3-5-14/h6H,2-5,7-8H2,1H3,(H,17,18). The fourth-order valence-electron chi connectivity index (χ4n) is 2.07. The van der Waals surface area contributed by atoms with Gasteiger partial charge in [-0.05, 0) is 19.8 Å². The second-order valence-electron chi connectivity index (χ2n) is 4.54. The smallest absolute Gasteiger partial charge is 0.313 e. The van der Waals surface area contributed by atoms with Crippen molar-refractivity contribution >= 4 is 23.6 Å². The molecule has 19 heavy (non-hydrogen) atoms. The Bertz CT molecular complexity index is 481. The number of hydrogen-bond acceptors (Lipinski definition) is 4. The van der Waals surface area contributed by atoms with E-state index in [2.05, 4.69) is 4.98 Å². The van der Waals surface area contributed by atoms with Gasteiger partial charge in [-0.2, -0.15) is 0 Å². The van der Waals surface area contributed by atoms with Crippen molar-refractivity contribution in [1.29, 1.82) is 0 Å². The Morgan fingerprint density at radius 1 is 1.42 bits per heavy atom. The number of carbonyl (C=O) groups is 2. The van der Waals surface area contributed by atoms with Gasteiger partial charge in [-0.1, -0.05) is 11.8 Å². The number of carboxylic acid groups (broad SMARTS) is 1. The van der Waals surface area contributed by atoms with Crippen LogP contribution in [0.25, 0.3) is 0 Å². The molecule has 7 heteroatoms. The molecule has 0 saturated carbocycles. The molecule has 1 fully saturated rings. The molecule has 2 rings (SSSR count). The summed E-state index contributed by atoms with van der Waals surface area (Å²) in [5.74, 6) is -0.854. The van der Waals surface area contributed by atoms with Crippen LogP contribution in [0.4, 0.5) is 0 Å².